The molecule has 0 bridgehead atoms. The van der Waals surface area contributed by atoms with E-state index in [2.05, 4.69) is 0 Å². The standard InChI is InChI=1S/C35H24FNO5/c1-20(38)42-23-17-14-22(15-18-23)32(39)31-30(26-11-5-6-12-27(26)36)35(33(40)24-9-3-4-10-25(24)34(35)41)29-19-16-21-8-2-7-13-28(21)37(29)31/h2-19,29-31H,1H3/t29-,30-,31+/m0/s1. The number of ketones is 3. The number of Topliss-reactive ketones (excluding diaryl/α,β-unsaturated/α-hetero) is 3. The Hall–Kier alpha value is -5.17. The summed E-state index contributed by atoms with van der Waals surface area (Å²) in [6.45, 7) is 1.28. The molecule has 1 fully saturated rings. The maximum atomic E-state index is 15.8. The number of halogens is 1. The smallest absolute Gasteiger partial charge is 0.308 e. The van der Waals surface area contributed by atoms with Gasteiger partial charge in [-0.05, 0) is 47.5 Å². The molecule has 2 aliphatic heterocycles. The van der Waals surface area contributed by atoms with Gasteiger partial charge in [0.1, 0.15) is 23.0 Å². The summed E-state index contributed by atoms with van der Waals surface area (Å²) >= 11 is 0. The lowest BCUT2D eigenvalue weighted by Gasteiger charge is -2.37. The number of hydrogen-bond donors (Lipinski definition) is 0. The van der Waals surface area contributed by atoms with Gasteiger partial charge in [0.15, 0.2) is 17.3 Å². The Kier molecular flexibility index (Phi) is 5.80. The van der Waals surface area contributed by atoms with Gasteiger partial charge < -0.3 is 9.64 Å². The summed E-state index contributed by atoms with van der Waals surface area (Å²) in [6, 6.07) is 24.3. The molecule has 0 unspecified atom stereocenters. The number of rotatable bonds is 4. The van der Waals surface area contributed by atoms with Gasteiger partial charge in [0.25, 0.3) is 0 Å². The van der Waals surface area contributed by atoms with Crippen molar-refractivity contribution in [3.8, 4) is 5.75 Å². The van der Waals surface area contributed by atoms with E-state index < -0.39 is 46.8 Å². The Balaban J connectivity index is 1.50. The van der Waals surface area contributed by atoms with Crippen LogP contribution < -0.4 is 9.64 Å². The van der Waals surface area contributed by atoms with Crippen molar-refractivity contribution in [1.82, 2.24) is 0 Å². The predicted molar refractivity (Wildman–Crippen MR) is 154 cm³/mol. The lowest BCUT2D eigenvalue weighted by Crippen LogP contribution is -2.48. The zero-order valence-corrected chi connectivity index (χ0v) is 22.5. The fourth-order valence-electron chi connectivity index (χ4n) is 7.01. The van der Waals surface area contributed by atoms with Crippen LogP contribution >= 0.6 is 0 Å². The molecule has 4 aromatic carbocycles. The second kappa shape index (κ2) is 9.45. The molecule has 206 valence electrons. The molecule has 3 atom stereocenters. The minimum absolute atomic E-state index is 0.127. The van der Waals surface area contributed by atoms with Crippen molar-refractivity contribution in [3.05, 3.63) is 137 Å². The van der Waals surface area contributed by atoms with E-state index in [1.54, 1.807) is 48.5 Å². The molecule has 42 heavy (non-hydrogen) atoms. The van der Waals surface area contributed by atoms with E-state index in [1.807, 2.05) is 35.2 Å². The largest absolute Gasteiger partial charge is 0.427 e. The molecule has 2 heterocycles. The summed E-state index contributed by atoms with van der Waals surface area (Å²) in [7, 11) is 0. The number of ether oxygens (including phenoxy) is 1. The van der Waals surface area contributed by atoms with E-state index in [-0.39, 0.29) is 33.8 Å². The monoisotopic (exact) mass is 557 g/mol. The molecule has 0 radical (unpaired) electrons. The summed E-state index contributed by atoms with van der Waals surface area (Å²) in [5.74, 6) is -3.20. The van der Waals surface area contributed by atoms with Crippen LogP contribution in [0.1, 0.15) is 55.0 Å². The molecule has 0 amide bonds. The molecule has 3 aliphatic rings. The average Bonchev–Trinajstić information content (AvgIpc) is 3.43. The molecule has 4 aromatic rings. The van der Waals surface area contributed by atoms with Crippen LogP contribution in [0.2, 0.25) is 0 Å². The van der Waals surface area contributed by atoms with E-state index in [1.165, 1.54) is 37.3 Å². The average molecular weight is 558 g/mol. The summed E-state index contributed by atoms with van der Waals surface area (Å²) in [6.07, 6.45) is 3.66. The van der Waals surface area contributed by atoms with Gasteiger partial charge in [-0.1, -0.05) is 72.8 Å². The van der Waals surface area contributed by atoms with E-state index in [0.717, 1.165) is 5.56 Å². The van der Waals surface area contributed by atoms with E-state index in [0.29, 0.717) is 5.69 Å². The van der Waals surface area contributed by atoms with Crippen LogP contribution in [0, 0.1) is 11.2 Å². The fourth-order valence-corrected chi connectivity index (χ4v) is 7.01. The summed E-state index contributed by atoms with van der Waals surface area (Å²) in [5, 5.41) is 0. The van der Waals surface area contributed by atoms with Gasteiger partial charge in [0.05, 0.1) is 6.04 Å². The third kappa shape index (κ3) is 3.49. The normalized spacial score (nSPS) is 21.2. The number of para-hydroxylation sites is 1. The topological polar surface area (TPSA) is 80.8 Å². The Morgan fingerprint density at radius 1 is 0.810 bits per heavy atom. The third-order valence-corrected chi connectivity index (χ3v) is 8.62. The van der Waals surface area contributed by atoms with Crippen LogP contribution in [0.4, 0.5) is 10.1 Å². The van der Waals surface area contributed by atoms with Gasteiger partial charge in [0, 0.05) is 35.2 Å². The number of hydrogen-bond acceptors (Lipinski definition) is 6. The molecule has 1 aliphatic carbocycles. The van der Waals surface area contributed by atoms with Crippen LogP contribution in [0.5, 0.6) is 5.75 Å². The van der Waals surface area contributed by atoms with Crippen LogP contribution in [-0.4, -0.2) is 35.4 Å². The lowest BCUT2D eigenvalue weighted by atomic mass is 9.64. The van der Waals surface area contributed by atoms with Crippen LogP contribution in [0.25, 0.3) is 6.08 Å². The number of carbonyl (C=O) groups is 4. The lowest BCUT2D eigenvalue weighted by molar-refractivity contribution is -0.131. The number of nitrogens with zero attached hydrogens (tertiary/aromatic N) is 1. The number of anilines is 1. The Morgan fingerprint density at radius 3 is 2.10 bits per heavy atom. The van der Waals surface area contributed by atoms with Crippen molar-refractivity contribution in [2.45, 2.75) is 24.9 Å². The van der Waals surface area contributed by atoms with Crippen molar-refractivity contribution < 1.29 is 28.3 Å². The number of fused-ring (bicyclic) bond motifs is 5. The molecular formula is C35H24FNO5. The zero-order chi connectivity index (χ0) is 29.2. The molecule has 1 saturated heterocycles. The Labute approximate surface area is 241 Å². The molecule has 0 saturated carbocycles. The summed E-state index contributed by atoms with van der Waals surface area (Å²) < 4.78 is 21.0. The highest BCUT2D eigenvalue weighted by atomic mass is 19.1. The van der Waals surface area contributed by atoms with Gasteiger partial charge >= 0.3 is 5.97 Å². The van der Waals surface area contributed by atoms with Crippen molar-refractivity contribution in [3.63, 3.8) is 0 Å². The van der Waals surface area contributed by atoms with Gasteiger partial charge in [-0.3, -0.25) is 19.2 Å². The fraction of sp³-hybridized carbons (Fsp3) is 0.143. The summed E-state index contributed by atoms with van der Waals surface area (Å²) in [4.78, 5) is 57.1. The maximum absolute atomic E-state index is 15.8. The minimum atomic E-state index is -1.78. The van der Waals surface area contributed by atoms with Crippen LogP contribution in [-0.2, 0) is 4.79 Å². The number of benzene rings is 4. The first kappa shape index (κ1) is 25.8. The zero-order valence-electron chi connectivity index (χ0n) is 22.5. The molecule has 1 spiro atoms. The molecule has 0 N–H and O–H groups in total. The van der Waals surface area contributed by atoms with Gasteiger partial charge in [-0.25, -0.2) is 4.39 Å². The van der Waals surface area contributed by atoms with E-state index in [4.69, 9.17) is 4.74 Å². The van der Waals surface area contributed by atoms with E-state index >= 15 is 4.39 Å². The van der Waals surface area contributed by atoms with Gasteiger partial charge in [-0.2, -0.15) is 0 Å². The van der Waals surface area contributed by atoms with Crippen LogP contribution in [0.15, 0.2) is 103 Å². The quantitative estimate of drug-likeness (QED) is 0.131. The number of esters is 1. The maximum Gasteiger partial charge on any atom is 0.308 e. The first-order valence-corrected chi connectivity index (χ1v) is 13.7. The summed E-state index contributed by atoms with van der Waals surface area (Å²) in [5.41, 5.74) is 0.655. The molecular weight excluding hydrogens is 533 g/mol. The first-order chi connectivity index (χ1) is 20.3. The van der Waals surface area contributed by atoms with Crippen molar-refractivity contribution in [2.24, 2.45) is 5.41 Å². The highest BCUT2D eigenvalue weighted by molar-refractivity contribution is 6.32. The molecule has 6 nitrogen and oxygen atoms in total. The van der Waals surface area contributed by atoms with Crippen molar-refractivity contribution >= 4 is 35.1 Å². The first-order valence-electron chi connectivity index (χ1n) is 13.7. The molecule has 7 heteroatoms. The second-order valence-corrected chi connectivity index (χ2v) is 10.8. The minimum Gasteiger partial charge on any atom is -0.427 e. The van der Waals surface area contributed by atoms with Crippen molar-refractivity contribution in [2.75, 3.05) is 4.90 Å². The highest BCUT2D eigenvalue weighted by Crippen LogP contribution is 2.61. The number of carbonyl (C=O) groups excluding carboxylic acids is 4. The van der Waals surface area contributed by atoms with Crippen LogP contribution in [0.3, 0.4) is 0 Å². The predicted octanol–water partition coefficient (Wildman–Crippen LogP) is 6.07. The second-order valence-electron chi connectivity index (χ2n) is 10.8. The van der Waals surface area contributed by atoms with E-state index in [9.17, 15) is 19.2 Å². The Bertz CT molecular complexity index is 1810. The van der Waals surface area contributed by atoms with Gasteiger partial charge in [-0.15, -0.1) is 0 Å². The van der Waals surface area contributed by atoms with Crippen molar-refractivity contribution in [1.29, 1.82) is 0 Å². The SMILES string of the molecule is CC(=O)Oc1ccc(C(=O)[C@H]2[C@H](c3ccccc3F)C3(C(=O)c4ccccc4C3=O)[C@@H]3C=Cc4ccccc4N32)cc1. The van der Waals surface area contributed by atoms with Gasteiger partial charge in [0.2, 0.25) is 0 Å². The molecule has 7 rings (SSSR count). The Morgan fingerprint density at radius 2 is 1.43 bits per heavy atom. The highest BCUT2D eigenvalue weighted by Gasteiger charge is 2.71. The molecule has 0 aromatic heterocycles. The third-order valence-electron chi connectivity index (χ3n) is 8.62.